The van der Waals surface area contributed by atoms with Crippen molar-refractivity contribution >= 4 is 17.1 Å². The zero-order valence-corrected chi connectivity index (χ0v) is 11.4. The van der Waals surface area contributed by atoms with Gasteiger partial charge in [0, 0.05) is 5.69 Å². The maximum Gasteiger partial charge on any atom is 0.144 e. The van der Waals surface area contributed by atoms with E-state index in [2.05, 4.69) is 11.4 Å². The largest absolute Gasteiger partial charge is 0.491 e. The van der Waals surface area contributed by atoms with Gasteiger partial charge in [0.2, 0.25) is 0 Å². The number of nitriles is 1. The van der Waals surface area contributed by atoms with Gasteiger partial charge in [-0.15, -0.1) is 0 Å². The van der Waals surface area contributed by atoms with Crippen LogP contribution in [0.3, 0.4) is 0 Å². The Hall–Kier alpha value is -2.67. The van der Waals surface area contributed by atoms with E-state index >= 15 is 0 Å². The maximum absolute atomic E-state index is 8.90. The highest BCUT2D eigenvalue weighted by atomic mass is 16.5. The number of benzene rings is 2. The highest BCUT2D eigenvalue weighted by Gasteiger charge is 2.06. The molecule has 0 unspecified atom stereocenters. The monoisotopic (exact) mass is 267 g/mol. The molecular formula is C16H17N3O. The number of hydrogen-bond donors (Lipinski definition) is 2. The second-order valence-corrected chi connectivity index (χ2v) is 4.38. The quantitative estimate of drug-likeness (QED) is 0.811. The van der Waals surface area contributed by atoms with E-state index in [-0.39, 0.29) is 0 Å². The van der Waals surface area contributed by atoms with Crippen LogP contribution in [0.1, 0.15) is 18.9 Å². The molecule has 102 valence electrons. The lowest BCUT2D eigenvalue weighted by Crippen LogP contribution is -2.02. The van der Waals surface area contributed by atoms with Gasteiger partial charge in [0.15, 0.2) is 0 Å². The number of rotatable bonds is 5. The van der Waals surface area contributed by atoms with Crippen molar-refractivity contribution in [2.75, 3.05) is 17.7 Å². The Labute approximate surface area is 118 Å². The van der Waals surface area contributed by atoms with Crippen molar-refractivity contribution in [2.24, 2.45) is 0 Å². The van der Waals surface area contributed by atoms with Crippen LogP contribution >= 0.6 is 0 Å². The lowest BCUT2D eigenvalue weighted by Gasteiger charge is -2.13. The van der Waals surface area contributed by atoms with E-state index in [1.54, 1.807) is 12.1 Å². The summed E-state index contributed by atoms with van der Waals surface area (Å²) < 4.78 is 5.59. The fraction of sp³-hybridized carbons (Fsp3) is 0.188. The molecule has 0 heterocycles. The number of nitrogen functional groups attached to an aromatic ring is 1. The first-order valence-electron chi connectivity index (χ1n) is 6.53. The van der Waals surface area contributed by atoms with Crippen molar-refractivity contribution in [2.45, 2.75) is 13.3 Å². The minimum atomic E-state index is 0.573. The smallest absolute Gasteiger partial charge is 0.144 e. The molecule has 0 bridgehead atoms. The molecule has 0 saturated heterocycles. The molecule has 2 aromatic carbocycles. The third-order valence-electron chi connectivity index (χ3n) is 2.80. The van der Waals surface area contributed by atoms with Crippen molar-refractivity contribution in [3.05, 3.63) is 48.0 Å². The summed E-state index contributed by atoms with van der Waals surface area (Å²) in [6.07, 6.45) is 0.932. The van der Waals surface area contributed by atoms with Gasteiger partial charge in [-0.3, -0.25) is 0 Å². The number of hydrogen-bond acceptors (Lipinski definition) is 4. The van der Waals surface area contributed by atoms with Crippen LogP contribution < -0.4 is 15.8 Å². The van der Waals surface area contributed by atoms with Crippen molar-refractivity contribution in [3.63, 3.8) is 0 Å². The molecule has 20 heavy (non-hydrogen) atoms. The van der Waals surface area contributed by atoms with Gasteiger partial charge in [0.05, 0.1) is 29.6 Å². The zero-order chi connectivity index (χ0) is 14.4. The van der Waals surface area contributed by atoms with Gasteiger partial charge in [0.1, 0.15) is 5.75 Å². The molecule has 0 radical (unpaired) electrons. The fourth-order valence-corrected chi connectivity index (χ4v) is 1.81. The molecule has 4 heteroatoms. The van der Waals surface area contributed by atoms with Crippen LogP contribution in [-0.4, -0.2) is 6.61 Å². The third kappa shape index (κ3) is 3.21. The first-order chi connectivity index (χ1) is 9.74. The minimum Gasteiger partial charge on any atom is -0.491 e. The predicted octanol–water partition coefficient (Wildman–Crippen LogP) is 3.67. The molecule has 0 fully saturated rings. The lowest BCUT2D eigenvalue weighted by molar-refractivity contribution is 0.319. The van der Waals surface area contributed by atoms with Crippen LogP contribution in [0.4, 0.5) is 17.1 Å². The summed E-state index contributed by atoms with van der Waals surface area (Å²) in [5.41, 5.74) is 8.86. The van der Waals surface area contributed by atoms with Gasteiger partial charge >= 0.3 is 0 Å². The molecule has 0 spiro atoms. The highest BCUT2D eigenvalue weighted by Crippen LogP contribution is 2.31. The van der Waals surface area contributed by atoms with Crippen molar-refractivity contribution in [1.82, 2.24) is 0 Å². The van der Waals surface area contributed by atoms with E-state index in [0.29, 0.717) is 23.6 Å². The number of nitrogens with one attached hydrogen (secondary N) is 1. The molecule has 0 saturated carbocycles. The Morgan fingerprint density at radius 3 is 2.80 bits per heavy atom. The van der Waals surface area contributed by atoms with E-state index in [4.69, 9.17) is 15.7 Å². The third-order valence-corrected chi connectivity index (χ3v) is 2.80. The number of nitrogens with two attached hydrogens (primary N) is 1. The molecule has 0 aliphatic heterocycles. The number of nitrogens with zero attached hydrogens (tertiary/aromatic N) is 1. The Kier molecular flexibility index (Phi) is 4.46. The van der Waals surface area contributed by atoms with Gasteiger partial charge in [-0.1, -0.05) is 19.1 Å². The van der Waals surface area contributed by atoms with E-state index in [1.807, 2.05) is 37.3 Å². The Morgan fingerprint density at radius 2 is 2.05 bits per heavy atom. The van der Waals surface area contributed by atoms with Crippen molar-refractivity contribution < 1.29 is 4.74 Å². The van der Waals surface area contributed by atoms with Crippen LogP contribution in [0.25, 0.3) is 0 Å². The average Bonchev–Trinajstić information content (AvgIpc) is 2.48. The number of anilines is 3. The van der Waals surface area contributed by atoms with E-state index < -0.39 is 0 Å². The Bertz CT molecular complexity index is 632. The molecule has 2 aromatic rings. The zero-order valence-electron chi connectivity index (χ0n) is 11.4. The number of ether oxygens (including phenoxy) is 1. The normalized spacial score (nSPS) is 9.80. The maximum atomic E-state index is 8.90. The summed E-state index contributed by atoms with van der Waals surface area (Å²) in [4.78, 5) is 0. The summed E-state index contributed by atoms with van der Waals surface area (Å²) in [5.74, 6) is 0.674. The summed E-state index contributed by atoms with van der Waals surface area (Å²) in [5, 5.41) is 12.1. The molecule has 0 aromatic heterocycles. The van der Waals surface area contributed by atoms with Crippen LogP contribution in [-0.2, 0) is 0 Å². The summed E-state index contributed by atoms with van der Waals surface area (Å²) in [6, 6.07) is 15.0. The fourth-order valence-electron chi connectivity index (χ4n) is 1.81. The highest BCUT2D eigenvalue weighted by molar-refractivity contribution is 5.77. The first-order valence-corrected chi connectivity index (χ1v) is 6.53. The number of para-hydroxylation sites is 1. The first kappa shape index (κ1) is 13.8. The Balaban J connectivity index is 2.22. The SMILES string of the molecule is CCCOc1cccc(Nc2cccc(C#N)c2)c1N. The second-order valence-electron chi connectivity index (χ2n) is 4.38. The van der Waals surface area contributed by atoms with Crippen LogP contribution in [0.15, 0.2) is 42.5 Å². The molecule has 0 amide bonds. The Morgan fingerprint density at radius 1 is 1.25 bits per heavy atom. The summed E-state index contributed by atoms with van der Waals surface area (Å²) >= 11 is 0. The molecule has 0 atom stereocenters. The van der Waals surface area contributed by atoms with Gasteiger partial charge in [0.25, 0.3) is 0 Å². The predicted molar refractivity (Wildman–Crippen MR) is 81.1 cm³/mol. The molecule has 0 aliphatic carbocycles. The van der Waals surface area contributed by atoms with E-state index in [9.17, 15) is 0 Å². The molecule has 4 nitrogen and oxygen atoms in total. The molecular weight excluding hydrogens is 250 g/mol. The molecule has 3 N–H and O–H groups in total. The van der Waals surface area contributed by atoms with Gasteiger partial charge < -0.3 is 15.8 Å². The second kappa shape index (κ2) is 6.48. The molecule has 2 rings (SSSR count). The lowest BCUT2D eigenvalue weighted by atomic mass is 10.2. The van der Waals surface area contributed by atoms with Gasteiger partial charge in [-0.2, -0.15) is 5.26 Å². The van der Waals surface area contributed by atoms with Gasteiger partial charge in [-0.25, -0.2) is 0 Å². The van der Waals surface area contributed by atoms with Crippen LogP contribution in [0.5, 0.6) is 5.75 Å². The molecule has 0 aliphatic rings. The van der Waals surface area contributed by atoms with Crippen molar-refractivity contribution in [1.29, 1.82) is 5.26 Å². The van der Waals surface area contributed by atoms with Gasteiger partial charge in [-0.05, 0) is 36.8 Å². The van der Waals surface area contributed by atoms with Crippen LogP contribution in [0.2, 0.25) is 0 Å². The van der Waals surface area contributed by atoms with Crippen LogP contribution in [0, 0.1) is 11.3 Å². The van der Waals surface area contributed by atoms with E-state index in [1.165, 1.54) is 0 Å². The standard InChI is InChI=1S/C16H17N3O/c1-2-9-20-15-8-4-7-14(16(15)18)19-13-6-3-5-12(10-13)11-17/h3-8,10,19H,2,9,18H2,1H3. The van der Waals surface area contributed by atoms with E-state index in [0.717, 1.165) is 17.8 Å². The average molecular weight is 267 g/mol. The topological polar surface area (TPSA) is 71.1 Å². The minimum absolute atomic E-state index is 0.573. The summed E-state index contributed by atoms with van der Waals surface area (Å²) in [7, 11) is 0. The summed E-state index contributed by atoms with van der Waals surface area (Å²) in [6.45, 7) is 2.68. The van der Waals surface area contributed by atoms with Crippen molar-refractivity contribution in [3.8, 4) is 11.8 Å².